The van der Waals surface area contributed by atoms with Crippen molar-refractivity contribution in [3.05, 3.63) is 67.7 Å². The molecule has 184 valence electrons. The van der Waals surface area contributed by atoms with E-state index < -0.39 is 0 Å². The van der Waals surface area contributed by atoms with Crippen molar-refractivity contribution >= 4 is 38.4 Å². The Bertz CT molecular complexity index is 1560. The Morgan fingerprint density at radius 3 is 2.64 bits per heavy atom. The van der Waals surface area contributed by atoms with Crippen LogP contribution in [0.5, 0.6) is 0 Å². The highest BCUT2D eigenvalue weighted by atomic mass is 32.1. The van der Waals surface area contributed by atoms with Crippen molar-refractivity contribution in [2.75, 3.05) is 26.2 Å². The number of aromatic amines is 1. The van der Waals surface area contributed by atoms with Crippen LogP contribution in [0.25, 0.3) is 21.1 Å². The number of carbonyl (C=O) groups excluding carboxylic acids is 1. The molecule has 1 aliphatic heterocycles. The van der Waals surface area contributed by atoms with Gasteiger partial charge in [-0.25, -0.2) is 4.98 Å². The molecule has 8 heteroatoms. The lowest BCUT2D eigenvalue weighted by molar-refractivity contribution is 0.0626. The number of para-hydroxylation sites is 1. The third-order valence-corrected chi connectivity index (χ3v) is 9.23. The van der Waals surface area contributed by atoms with E-state index in [4.69, 9.17) is 9.97 Å². The molecular weight excluding hydrogens is 470 g/mol. The Labute approximate surface area is 213 Å². The van der Waals surface area contributed by atoms with Gasteiger partial charge in [0.2, 0.25) is 0 Å². The second kappa shape index (κ2) is 8.78. The van der Waals surface area contributed by atoms with Gasteiger partial charge in [0.25, 0.3) is 11.5 Å². The molecule has 1 saturated heterocycles. The molecule has 1 fully saturated rings. The summed E-state index contributed by atoms with van der Waals surface area (Å²) in [4.78, 5) is 45.9. The lowest BCUT2D eigenvalue weighted by atomic mass is 9.97. The van der Waals surface area contributed by atoms with Crippen LogP contribution in [0.4, 0.5) is 0 Å². The molecule has 3 aromatic heterocycles. The van der Waals surface area contributed by atoms with Crippen LogP contribution in [0.1, 0.15) is 57.1 Å². The number of nitrogens with zero attached hydrogens (tertiary/aromatic N) is 4. The average molecular weight is 500 g/mol. The summed E-state index contributed by atoms with van der Waals surface area (Å²) in [7, 11) is 0. The van der Waals surface area contributed by atoms with Gasteiger partial charge in [-0.1, -0.05) is 18.2 Å². The van der Waals surface area contributed by atoms with E-state index in [0.717, 1.165) is 95.4 Å². The van der Waals surface area contributed by atoms with Crippen molar-refractivity contribution in [1.29, 1.82) is 0 Å². The maximum Gasteiger partial charge on any atom is 0.259 e. The topological polar surface area (TPSA) is 82.2 Å². The molecule has 4 aromatic rings. The van der Waals surface area contributed by atoms with E-state index in [-0.39, 0.29) is 11.5 Å². The highest BCUT2D eigenvalue weighted by Crippen LogP contribution is 2.34. The summed E-state index contributed by atoms with van der Waals surface area (Å²) < 4.78 is 0. The summed E-state index contributed by atoms with van der Waals surface area (Å²) in [6.07, 6.45) is 7.36. The number of amides is 1. The first-order valence-electron chi connectivity index (χ1n) is 13.1. The number of hydrogen-bond donors (Lipinski definition) is 1. The lowest BCUT2D eigenvalue weighted by Gasteiger charge is -2.35. The minimum Gasteiger partial charge on any atom is -0.336 e. The van der Waals surface area contributed by atoms with Crippen LogP contribution in [-0.2, 0) is 32.2 Å². The quantitative estimate of drug-likeness (QED) is 0.463. The van der Waals surface area contributed by atoms with Gasteiger partial charge in [0.05, 0.1) is 23.0 Å². The largest absolute Gasteiger partial charge is 0.336 e. The molecule has 0 bridgehead atoms. The molecule has 0 spiro atoms. The summed E-state index contributed by atoms with van der Waals surface area (Å²) in [6, 6.07) is 8.03. The second-order valence-electron chi connectivity index (χ2n) is 10.3. The van der Waals surface area contributed by atoms with Crippen molar-refractivity contribution in [2.45, 2.75) is 51.5 Å². The molecule has 3 aliphatic rings. The fourth-order valence-electron chi connectivity index (χ4n) is 6.22. The van der Waals surface area contributed by atoms with Gasteiger partial charge in [-0.15, -0.1) is 11.3 Å². The monoisotopic (exact) mass is 499 g/mol. The van der Waals surface area contributed by atoms with E-state index in [1.54, 1.807) is 11.3 Å². The third kappa shape index (κ3) is 3.66. The number of H-pyrrole nitrogens is 1. The Morgan fingerprint density at radius 1 is 0.944 bits per heavy atom. The van der Waals surface area contributed by atoms with Crippen LogP contribution in [0, 0.1) is 0 Å². The zero-order valence-electron chi connectivity index (χ0n) is 20.3. The summed E-state index contributed by atoms with van der Waals surface area (Å²) in [5.41, 5.74) is 5.25. The smallest absolute Gasteiger partial charge is 0.259 e. The summed E-state index contributed by atoms with van der Waals surface area (Å²) in [6.45, 7) is 3.47. The van der Waals surface area contributed by atoms with Gasteiger partial charge in [0.1, 0.15) is 10.7 Å². The summed E-state index contributed by atoms with van der Waals surface area (Å²) in [5, 5.41) is 1.78. The minimum atomic E-state index is 0.00151. The average Bonchev–Trinajstić information content (AvgIpc) is 3.51. The summed E-state index contributed by atoms with van der Waals surface area (Å²) in [5.74, 6) is 0.854. The lowest BCUT2D eigenvalue weighted by Crippen LogP contribution is -2.48. The van der Waals surface area contributed by atoms with Crippen LogP contribution in [0.15, 0.2) is 29.1 Å². The first kappa shape index (κ1) is 22.1. The van der Waals surface area contributed by atoms with Crippen molar-refractivity contribution in [3.63, 3.8) is 0 Å². The van der Waals surface area contributed by atoms with Gasteiger partial charge in [0, 0.05) is 42.1 Å². The van der Waals surface area contributed by atoms with Gasteiger partial charge >= 0.3 is 0 Å². The molecule has 0 saturated carbocycles. The number of pyridine rings is 1. The minimum absolute atomic E-state index is 0.00151. The number of nitrogens with one attached hydrogen (secondary N) is 1. The van der Waals surface area contributed by atoms with Crippen molar-refractivity contribution in [1.82, 2.24) is 24.8 Å². The molecule has 1 N–H and O–H groups in total. The zero-order chi connectivity index (χ0) is 24.2. The summed E-state index contributed by atoms with van der Waals surface area (Å²) >= 11 is 1.69. The van der Waals surface area contributed by atoms with Crippen molar-refractivity contribution in [2.24, 2.45) is 0 Å². The van der Waals surface area contributed by atoms with E-state index in [1.165, 1.54) is 16.9 Å². The van der Waals surface area contributed by atoms with E-state index >= 15 is 0 Å². The number of hydrogen-bond acceptors (Lipinski definition) is 6. The van der Waals surface area contributed by atoms with Gasteiger partial charge < -0.3 is 9.88 Å². The van der Waals surface area contributed by atoms with Gasteiger partial charge in [-0.2, -0.15) is 0 Å². The van der Waals surface area contributed by atoms with E-state index in [2.05, 4.69) is 9.88 Å². The van der Waals surface area contributed by atoms with Gasteiger partial charge in [-0.3, -0.25) is 19.5 Å². The normalized spacial score (nSPS) is 18.1. The number of benzene rings is 1. The number of rotatable bonds is 3. The molecule has 0 unspecified atom stereocenters. The molecular formula is C28H29N5O2S. The fraction of sp³-hybridized carbons (Fsp3) is 0.429. The third-order valence-electron chi connectivity index (χ3n) is 8.04. The van der Waals surface area contributed by atoms with Gasteiger partial charge in [0.15, 0.2) is 0 Å². The van der Waals surface area contributed by atoms with Crippen LogP contribution < -0.4 is 5.56 Å². The number of fused-ring (bicyclic) bond motifs is 5. The molecule has 36 heavy (non-hydrogen) atoms. The Hall–Kier alpha value is -3.10. The molecule has 2 aliphatic carbocycles. The number of thiophene rings is 1. The van der Waals surface area contributed by atoms with Crippen molar-refractivity contribution in [3.8, 4) is 0 Å². The number of aryl methyl sites for hydroxylation is 3. The Balaban J connectivity index is 1.09. The van der Waals surface area contributed by atoms with E-state index in [1.807, 2.05) is 29.2 Å². The Kier molecular flexibility index (Phi) is 5.40. The zero-order valence-corrected chi connectivity index (χ0v) is 21.1. The molecule has 4 heterocycles. The molecule has 1 aromatic carbocycles. The molecule has 0 radical (unpaired) electrons. The molecule has 7 rings (SSSR count). The predicted molar refractivity (Wildman–Crippen MR) is 142 cm³/mol. The highest BCUT2D eigenvalue weighted by molar-refractivity contribution is 7.18. The molecule has 1 amide bonds. The number of aromatic nitrogens is 3. The van der Waals surface area contributed by atoms with Gasteiger partial charge in [-0.05, 0) is 62.1 Å². The van der Waals surface area contributed by atoms with E-state index in [9.17, 15) is 9.59 Å². The highest BCUT2D eigenvalue weighted by Gasteiger charge is 2.29. The molecule has 0 atom stereocenters. The first-order chi connectivity index (χ1) is 17.7. The molecule has 7 nitrogen and oxygen atoms in total. The Morgan fingerprint density at radius 2 is 1.75 bits per heavy atom. The maximum absolute atomic E-state index is 13.7. The fourth-order valence-corrected chi connectivity index (χ4v) is 7.50. The maximum atomic E-state index is 13.7. The SMILES string of the molecule is O=C(c1c2c(nc3ccccc13)CCC2)N1CCN(Cc2nc3sc4c(c3c(=O)[nH]2)CCCC4)CC1. The number of piperazine rings is 1. The number of carbonyl (C=O) groups is 1. The van der Waals surface area contributed by atoms with E-state index in [0.29, 0.717) is 19.6 Å². The van der Waals surface area contributed by atoms with Crippen molar-refractivity contribution < 1.29 is 4.79 Å². The van der Waals surface area contributed by atoms with Crippen LogP contribution in [0.2, 0.25) is 0 Å². The standard InChI is InChI=1S/C28H29N5O2S/c34-26-25-19-7-2-4-11-22(19)36-27(25)31-23(30-26)16-32-12-14-33(15-13-32)28(35)24-17-6-1-3-9-20(17)29-21-10-5-8-18(21)24/h1,3,6,9H,2,4-5,7-8,10-16H2,(H,30,31,34). The first-order valence-corrected chi connectivity index (χ1v) is 13.9. The van der Waals surface area contributed by atoms with Crippen LogP contribution in [0.3, 0.4) is 0 Å². The predicted octanol–water partition coefficient (Wildman–Crippen LogP) is 3.86. The van der Waals surface area contributed by atoms with Crippen LogP contribution in [-0.4, -0.2) is 56.8 Å². The second-order valence-corrected chi connectivity index (χ2v) is 11.3. The van der Waals surface area contributed by atoms with Crippen LogP contribution >= 0.6 is 11.3 Å².